The molecule has 0 bridgehead atoms. The summed E-state index contributed by atoms with van der Waals surface area (Å²) in [6, 6.07) is 5.62. The van der Waals surface area contributed by atoms with Gasteiger partial charge in [0.25, 0.3) is 0 Å². The van der Waals surface area contributed by atoms with Crippen molar-refractivity contribution in [2.24, 2.45) is 0 Å². The lowest BCUT2D eigenvalue weighted by Gasteiger charge is -2.24. The minimum Gasteiger partial charge on any atom is -0.497 e. The van der Waals surface area contributed by atoms with E-state index in [-0.39, 0.29) is 17.0 Å². The average molecular weight is 299 g/mol. The van der Waals surface area contributed by atoms with Crippen LogP contribution in [0.5, 0.6) is 11.5 Å². The summed E-state index contributed by atoms with van der Waals surface area (Å²) in [5, 5.41) is 3.34. The molecule has 1 aliphatic rings. The van der Waals surface area contributed by atoms with Gasteiger partial charge >= 0.3 is 0 Å². The van der Waals surface area contributed by atoms with Crippen LogP contribution >= 0.6 is 0 Å². The van der Waals surface area contributed by atoms with Crippen LogP contribution in [-0.4, -0.2) is 39.7 Å². The van der Waals surface area contributed by atoms with Crippen molar-refractivity contribution >= 4 is 9.84 Å². The summed E-state index contributed by atoms with van der Waals surface area (Å²) in [5.74, 6) is 1.93. The zero-order valence-electron chi connectivity index (χ0n) is 12.1. The summed E-state index contributed by atoms with van der Waals surface area (Å²) in [6.07, 6.45) is 0.647. The number of hydrogen-bond donors (Lipinski definition) is 1. The third-order valence-corrected chi connectivity index (χ3v) is 5.61. The molecule has 1 saturated heterocycles. The Balaban J connectivity index is 2.08. The molecule has 1 heterocycles. The van der Waals surface area contributed by atoms with Crippen LogP contribution < -0.4 is 14.8 Å². The largest absolute Gasteiger partial charge is 0.497 e. The molecule has 20 heavy (non-hydrogen) atoms. The van der Waals surface area contributed by atoms with Gasteiger partial charge in [0.2, 0.25) is 0 Å². The molecule has 1 N–H and O–H groups in total. The first-order valence-electron chi connectivity index (χ1n) is 6.54. The lowest BCUT2D eigenvalue weighted by Crippen LogP contribution is -2.42. The van der Waals surface area contributed by atoms with Gasteiger partial charge in [-0.3, -0.25) is 0 Å². The Morgan fingerprint density at radius 1 is 1.30 bits per heavy atom. The summed E-state index contributed by atoms with van der Waals surface area (Å²) in [4.78, 5) is 0. The summed E-state index contributed by atoms with van der Waals surface area (Å²) >= 11 is 0. The molecule has 0 amide bonds. The number of sulfone groups is 1. The van der Waals surface area contributed by atoms with Crippen molar-refractivity contribution in [3.05, 3.63) is 23.8 Å². The molecule has 1 aliphatic heterocycles. The van der Waals surface area contributed by atoms with E-state index in [1.54, 1.807) is 14.2 Å². The van der Waals surface area contributed by atoms with Gasteiger partial charge in [-0.15, -0.1) is 0 Å². The van der Waals surface area contributed by atoms with E-state index in [0.29, 0.717) is 13.0 Å². The monoisotopic (exact) mass is 299 g/mol. The van der Waals surface area contributed by atoms with Crippen molar-refractivity contribution in [1.29, 1.82) is 0 Å². The molecule has 2 rings (SSSR count). The van der Waals surface area contributed by atoms with E-state index < -0.39 is 9.84 Å². The van der Waals surface area contributed by atoms with E-state index in [1.807, 2.05) is 25.1 Å². The highest BCUT2D eigenvalue weighted by molar-refractivity contribution is 7.91. The van der Waals surface area contributed by atoms with Gasteiger partial charge < -0.3 is 14.8 Å². The smallest absolute Gasteiger partial charge is 0.152 e. The Hall–Kier alpha value is -1.27. The van der Waals surface area contributed by atoms with Crippen LogP contribution in [-0.2, 0) is 16.4 Å². The van der Waals surface area contributed by atoms with Crippen molar-refractivity contribution in [1.82, 2.24) is 5.32 Å². The zero-order valence-corrected chi connectivity index (χ0v) is 12.9. The molecule has 1 aromatic rings. The molecule has 0 aliphatic carbocycles. The quantitative estimate of drug-likeness (QED) is 0.889. The van der Waals surface area contributed by atoms with Gasteiger partial charge in [0, 0.05) is 23.7 Å². The molecule has 0 radical (unpaired) electrons. The summed E-state index contributed by atoms with van der Waals surface area (Å²) < 4.78 is 33.7. The maximum atomic E-state index is 11.6. The van der Waals surface area contributed by atoms with E-state index in [9.17, 15) is 8.42 Å². The molecular weight excluding hydrogens is 278 g/mol. The molecule has 112 valence electrons. The van der Waals surface area contributed by atoms with E-state index in [0.717, 1.165) is 17.1 Å². The van der Waals surface area contributed by atoms with Crippen molar-refractivity contribution in [3.8, 4) is 11.5 Å². The first kappa shape index (κ1) is 15.1. The van der Waals surface area contributed by atoms with E-state index in [2.05, 4.69) is 5.32 Å². The number of benzene rings is 1. The second-order valence-corrected chi connectivity index (χ2v) is 7.62. The molecule has 0 aromatic heterocycles. The molecule has 0 spiro atoms. The second-order valence-electron chi connectivity index (χ2n) is 5.43. The van der Waals surface area contributed by atoms with Gasteiger partial charge in [0.15, 0.2) is 9.84 Å². The van der Waals surface area contributed by atoms with Crippen molar-refractivity contribution in [2.45, 2.75) is 25.4 Å². The number of hydrogen-bond acceptors (Lipinski definition) is 5. The third kappa shape index (κ3) is 3.43. The zero-order chi connectivity index (χ0) is 14.8. The maximum Gasteiger partial charge on any atom is 0.152 e. The van der Waals surface area contributed by atoms with Crippen molar-refractivity contribution in [2.75, 3.05) is 25.7 Å². The Bertz CT molecular complexity index is 585. The summed E-state index contributed by atoms with van der Waals surface area (Å²) in [5.41, 5.74) is 0.628. The van der Waals surface area contributed by atoms with Crippen molar-refractivity contribution < 1.29 is 17.9 Å². The maximum absolute atomic E-state index is 11.6. The van der Waals surface area contributed by atoms with Crippen LogP contribution in [0.4, 0.5) is 0 Å². The van der Waals surface area contributed by atoms with Gasteiger partial charge in [-0.1, -0.05) is 6.07 Å². The molecule has 0 saturated carbocycles. The highest BCUT2D eigenvalue weighted by Gasteiger charge is 2.37. The summed E-state index contributed by atoms with van der Waals surface area (Å²) in [6.45, 7) is 2.52. The molecule has 1 unspecified atom stereocenters. The molecule has 5 nitrogen and oxygen atoms in total. The first-order valence-corrected chi connectivity index (χ1v) is 8.36. The SMILES string of the molecule is COc1ccc(CNC2(C)CCS(=O)(=O)C2)c(OC)c1. The molecule has 1 fully saturated rings. The molecular formula is C14H21NO4S. The fraction of sp³-hybridized carbons (Fsp3) is 0.571. The van der Waals surface area contributed by atoms with Gasteiger partial charge in [0.1, 0.15) is 11.5 Å². The average Bonchev–Trinajstić information content (AvgIpc) is 2.70. The first-order chi connectivity index (χ1) is 9.37. The minimum absolute atomic E-state index is 0.193. The van der Waals surface area contributed by atoms with Crippen LogP contribution in [0.25, 0.3) is 0 Å². The van der Waals surface area contributed by atoms with Crippen LogP contribution in [0, 0.1) is 0 Å². The van der Waals surface area contributed by atoms with Gasteiger partial charge in [-0.05, 0) is 19.4 Å². The fourth-order valence-electron chi connectivity index (χ4n) is 2.46. The van der Waals surface area contributed by atoms with Gasteiger partial charge in [-0.2, -0.15) is 0 Å². The Kier molecular flexibility index (Phi) is 4.25. The van der Waals surface area contributed by atoms with Crippen LogP contribution in [0.15, 0.2) is 18.2 Å². The highest BCUT2D eigenvalue weighted by atomic mass is 32.2. The van der Waals surface area contributed by atoms with Crippen LogP contribution in [0.2, 0.25) is 0 Å². The second kappa shape index (κ2) is 5.61. The highest BCUT2D eigenvalue weighted by Crippen LogP contribution is 2.27. The van der Waals surface area contributed by atoms with Gasteiger partial charge in [0.05, 0.1) is 25.7 Å². The predicted octanol–water partition coefficient (Wildman–Crippen LogP) is 1.37. The Morgan fingerprint density at radius 3 is 2.60 bits per heavy atom. The van der Waals surface area contributed by atoms with Crippen LogP contribution in [0.1, 0.15) is 18.9 Å². The number of rotatable bonds is 5. The minimum atomic E-state index is -2.90. The lowest BCUT2D eigenvalue weighted by atomic mass is 10.0. The number of nitrogens with one attached hydrogen (secondary N) is 1. The Morgan fingerprint density at radius 2 is 2.05 bits per heavy atom. The van der Waals surface area contributed by atoms with Crippen molar-refractivity contribution in [3.63, 3.8) is 0 Å². The van der Waals surface area contributed by atoms with Gasteiger partial charge in [-0.25, -0.2) is 8.42 Å². The van der Waals surface area contributed by atoms with Crippen LogP contribution in [0.3, 0.4) is 0 Å². The number of methoxy groups -OCH3 is 2. The molecule has 6 heteroatoms. The van der Waals surface area contributed by atoms with E-state index in [1.165, 1.54) is 0 Å². The standard InChI is InChI=1S/C14H21NO4S/c1-14(6-7-20(16,17)10-14)15-9-11-4-5-12(18-2)8-13(11)19-3/h4-5,8,15H,6-7,9-10H2,1-3H3. The van der Waals surface area contributed by atoms with E-state index >= 15 is 0 Å². The normalized spacial score (nSPS) is 24.6. The fourth-order valence-corrected chi connectivity index (χ4v) is 4.58. The lowest BCUT2D eigenvalue weighted by molar-refractivity contribution is 0.373. The topological polar surface area (TPSA) is 64.6 Å². The number of ether oxygens (including phenoxy) is 2. The van der Waals surface area contributed by atoms with E-state index in [4.69, 9.17) is 9.47 Å². The predicted molar refractivity (Wildman–Crippen MR) is 78.1 cm³/mol. The Labute approximate surface area is 120 Å². The molecule has 1 aromatic carbocycles. The summed E-state index contributed by atoms with van der Waals surface area (Å²) in [7, 11) is 0.321. The molecule has 1 atom stereocenters. The third-order valence-electron chi connectivity index (χ3n) is 3.70.